The number of imidazole rings is 1. The van der Waals surface area contributed by atoms with Crippen LogP contribution in [0.3, 0.4) is 0 Å². The summed E-state index contributed by atoms with van der Waals surface area (Å²) in [5.74, 6) is -0.126. The molecule has 2 aromatic heterocycles. The van der Waals surface area contributed by atoms with Crippen LogP contribution in [0.4, 0.5) is 5.69 Å². The predicted molar refractivity (Wildman–Crippen MR) is 102 cm³/mol. The van der Waals surface area contributed by atoms with Gasteiger partial charge in [0.1, 0.15) is 5.69 Å². The summed E-state index contributed by atoms with van der Waals surface area (Å²) in [7, 11) is 0. The van der Waals surface area contributed by atoms with E-state index in [2.05, 4.69) is 15.6 Å². The van der Waals surface area contributed by atoms with Crippen molar-refractivity contribution in [2.45, 2.75) is 20.4 Å². The highest BCUT2D eigenvalue weighted by Crippen LogP contribution is 2.20. The molecule has 0 unspecified atom stereocenters. The molecular formula is C18H19N5OS. The highest BCUT2D eigenvalue weighted by atomic mass is 32.1. The molecule has 128 valence electrons. The van der Waals surface area contributed by atoms with Gasteiger partial charge in [0, 0.05) is 35.7 Å². The van der Waals surface area contributed by atoms with Crippen molar-refractivity contribution in [3.63, 3.8) is 0 Å². The Labute approximate surface area is 149 Å². The van der Waals surface area contributed by atoms with E-state index < -0.39 is 0 Å². The number of amides is 1. The van der Waals surface area contributed by atoms with Crippen LogP contribution in [0.5, 0.6) is 0 Å². The average molecular weight is 353 g/mol. The van der Waals surface area contributed by atoms with Gasteiger partial charge in [-0.15, -0.1) is 11.3 Å². The maximum absolute atomic E-state index is 12.6. The van der Waals surface area contributed by atoms with Gasteiger partial charge < -0.3 is 16.0 Å². The molecule has 0 spiro atoms. The van der Waals surface area contributed by atoms with E-state index in [4.69, 9.17) is 5.41 Å². The van der Waals surface area contributed by atoms with Gasteiger partial charge in [0.05, 0.1) is 5.69 Å². The molecule has 7 heteroatoms. The van der Waals surface area contributed by atoms with Gasteiger partial charge in [0.15, 0.2) is 4.96 Å². The van der Waals surface area contributed by atoms with E-state index in [1.807, 2.05) is 48.7 Å². The van der Waals surface area contributed by atoms with Crippen LogP contribution in [-0.4, -0.2) is 21.5 Å². The lowest BCUT2D eigenvalue weighted by Crippen LogP contribution is -2.24. The Morgan fingerprint density at radius 2 is 2.08 bits per heavy atom. The normalized spacial score (nSPS) is 11.1. The minimum absolute atomic E-state index is 0.126. The summed E-state index contributed by atoms with van der Waals surface area (Å²) in [6.45, 7) is 4.31. The summed E-state index contributed by atoms with van der Waals surface area (Å²) in [6.07, 6.45) is 6.45. The number of carbonyl (C=O) groups is 1. The third-order valence-electron chi connectivity index (χ3n) is 3.68. The van der Waals surface area contributed by atoms with Gasteiger partial charge in [-0.05, 0) is 37.6 Å². The number of nitrogens with one attached hydrogen (secondary N) is 3. The van der Waals surface area contributed by atoms with Gasteiger partial charge in [0.2, 0.25) is 0 Å². The number of fused-ring (bicyclic) bond motifs is 1. The van der Waals surface area contributed by atoms with Crippen LogP contribution in [0.1, 0.15) is 26.6 Å². The molecule has 1 aromatic carbocycles. The minimum Gasteiger partial charge on any atom is -0.362 e. The number of thiazole rings is 1. The second-order valence-corrected chi connectivity index (χ2v) is 6.80. The Morgan fingerprint density at radius 1 is 1.32 bits per heavy atom. The third-order valence-corrected chi connectivity index (χ3v) is 4.58. The van der Waals surface area contributed by atoms with Crippen LogP contribution in [-0.2, 0) is 6.54 Å². The third kappa shape index (κ3) is 3.77. The molecule has 0 aliphatic heterocycles. The van der Waals surface area contributed by atoms with Gasteiger partial charge in [-0.3, -0.25) is 9.20 Å². The van der Waals surface area contributed by atoms with Crippen molar-refractivity contribution in [3.05, 3.63) is 64.6 Å². The SMILES string of the molecule is Cc1cn2c(C(=O)NCc3ccc(N/C=C\C=N)cc3)c(C)nc2s1. The van der Waals surface area contributed by atoms with Crippen molar-refractivity contribution in [2.24, 2.45) is 0 Å². The molecule has 0 saturated heterocycles. The summed E-state index contributed by atoms with van der Waals surface area (Å²) >= 11 is 1.57. The van der Waals surface area contributed by atoms with Gasteiger partial charge in [-0.25, -0.2) is 4.98 Å². The van der Waals surface area contributed by atoms with Crippen molar-refractivity contribution in [3.8, 4) is 0 Å². The van der Waals surface area contributed by atoms with Crippen molar-refractivity contribution in [2.75, 3.05) is 5.32 Å². The number of carbonyl (C=O) groups excluding carboxylic acids is 1. The molecule has 25 heavy (non-hydrogen) atoms. The van der Waals surface area contributed by atoms with Crippen LogP contribution in [0.15, 0.2) is 42.7 Å². The highest BCUT2D eigenvalue weighted by molar-refractivity contribution is 7.17. The summed E-state index contributed by atoms with van der Waals surface area (Å²) in [5.41, 5.74) is 3.26. The molecule has 1 amide bonds. The Kier molecular flexibility index (Phi) is 4.95. The zero-order valence-electron chi connectivity index (χ0n) is 14.0. The fraction of sp³-hybridized carbons (Fsp3) is 0.167. The number of aromatic nitrogens is 2. The lowest BCUT2D eigenvalue weighted by molar-refractivity contribution is 0.0944. The number of rotatable bonds is 6. The van der Waals surface area contributed by atoms with Crippen LogP contribution >= 0.6 is 11.3 Å². The number of anilines is 1. The van der Waals surface area contributed by atoms with E-state index in [-0.39, 0.29) is 5.91 Å². The number of hydrogen-bond donors (Lipinski definition) is 3. The minimum atomic E-state index is -0.126. The molecule has 3 N–H and O–H groups in total. The fourth-order valence-electron chi connectivity index (χ4n) is 2.52. The van der Waals surface area contributed by atoms with Gasteiger partial charge in [-0.2, -0.15) is 0 Å². The molecule has 0 atom stereocenters. The zero-order chi connectivity index (χ0) is 17.8. The lowest BCUT2D eigenvalue weighted by Gasteiger charge is -2.07. The molecule has 0 aliphatic carbocycles. The smallest absolute Gasteiger partial charge is 0.270 e. The Balaban J connectivity index is 1.66. The summed E-state index contributed by atoms with van der Waals surface area (Å²) < 4.78 is 1.85. The molecular weight excluding hydrogens is 334 g/mol. The first kappa shape index (κ1) is 16.9. The summed E-state index contributed by atoms with van der Waals surface area (Å²) in [6, 6.07) is 7.77. The van der Waals surface area contributed by atoms with Crippen LogP contribution < -0.4 is 10.6 Å². The molecule has 3 rings (SSSR count). The number of aryl methyl sites for hydroxylation is 2. The fourth-order valence-corrected chi connectivity index (χ4v) is 3.39. The Hall–Kier alpha value is -2.93. The molecule has 0 saturated carbocycles. The van der Waals surface area contributed by atoms with Gasteiger partial charge >= 0.3 is 0 Å². The quantitative estimate of drug-likeness (QED) is 0.593. The summed E-state index contributed by atoms with van der Waals surface area (Å²) in [5, 5.41) is 12.9. The molecule has 3 aromatic rings. The number of benzene rings is 1. The predicted octanol–water partition coefficient (Wildman–Crippen LogP) is 3.52. The van der Waals surface area contributed by atoms with Crippen LogP contribution in [0.25, 0.3) is 4.96 Å². The van der Waals surface area contributed by atoms with E-state index in [9.17, 15) is 4.79 Å². The van der Waals surface area contributed by atoms with Gasteiger partial charge in [0.25, 0.3) is 5.91 Å². The van der Waals surface area contributed by atoms with Crippen molar-refractivity contribution < 1.29 is 4.79 Å². The van der Waals surface area contributed by atoms with E-state index >= 15 is 0 Å². The topological polar surface area (TPSA) is 82.3 Å². The number of allylic oxidation sites excluding steroid dienone is 1. The second-order valence-electron chi connectivity index (χ2n) is 5.59. The van der Waals surface area contributed by atoms with E-state index in [0.29, 0.717) is 12.2 Å². The van der Waals surface area contributed by atoms with Crippen LogP contribution in [0.2, 0.25) is 0 Å². The average Bonchev–Trinajstić information content (AvgIpc) is 3.08. The second kappa shape index (κ2) is 7.31. The molecule has 0 radical (unpaired) electrons. The first-order valence-electron chi connectivity index (χ1n) is 7.83. The van der Waals surface area contributed by atoms with Crippen molar-refractivity contribution in [1.82, 2.24) is 14.7 Å². The van der Waals surface area contributed by atoms with E-state index in [1.54, 1.807) is 23.6 Å². The number of nitrogens with zero attached hydrogens (tertiary/aromatic N) is 2. The first-order chi connectivity index (χ1) is 12.1. The lowest BCUT2D eigenvalue weighted by atomic mass is 10.2. The maximum atomic E-state index is 12.6. The van der Waals surface area contributed by atoms with Gasteiger partial charge in [-0.1, -0.05) is 12.1 Å². The van der Waals surface area contributed by atoms with Crippen molar-refractivity contribution in [1.29, 1.82) is 5.41 Å². The molecule has 2 heterocycles. The standard InChI is InChI=1S/C18H19N5OS/c1-12-11-23-16(13(2)22-18(23)25-12)17(24)21-10-14-4-6-15(7-5-14)20-9-3-8-19/h3-9,11,19-20H,10H2,1-2H3,(H,21,24)/b9-3-,19-8?. The van der Waals surface area contributed by atoms with E-state index in [1.165, 1.54) is 6.21 Å². The molecule has 0 bridgehead atoms. The number of hydrogen-bond acceptors (Lipinski definition) is 5. The Morgan fingerprint density at radius 3 is 2.80 bits per heavy atom. The molecule has 0 aliphatic rings. The van der Waals surface area contributed by atoms with Crippen molar-refractivity contribution >= 4 is 34.1 Å². The highest BCUT2D eigenvalue weighted by Gasteiger charge is 2.17. The monoisotopic (exact) mass is 353 g/mol. The zero-order valence-corrected chi connectivity index (χ0v) is 14.9. The maximum Gasteiger partial charge on any atom is 0.270 e. The first-order valence-corrected chi connectivity index (χ1v) is 8.64. The summed E-state index contributed by atoms with van der Waals surface area (Å²) in [4.78, 5) is 19.0. The molecule has 6 nitrogen and oxygen atoms in total. The van der Waals surface area contributed by atoms with E-state index in [0.717, 1.165) is 26.8 Å². The Bertz CT molecular complexity index is 936. The van der Waals surface area contributed by atoms with Crippen LogP contribution in [0, 0.1) is 19.3 Å². The molecule has 0 fully saturated rings. The largest absolute Gasteiger partial charge is 0.362 e.